The van der Waals surface area contributed by atoms with Gasteiger partial charge in [-0.3, -0.25) is 0 Å². The second-order valence-electron chi connectivity index (χ2n) is 4.09. The molecule has 0 heterocycles. The van der Waals surface area contributed by atoms with Crippen molar-refractivity contribution in [2.45, 2.75) is 13.5 Å². The van der Waals surface area contributed by atoms with Crippen LogP contribution < -0.4 is 10.1 Å². The molecule has 0 amide bonds. The van der Waals surface area contributed by atoms with Crippen LogP contribution in [0.2, 0.25) is 10.0 Å². The van der Waals surface area contributed by atoms with E-state index in [0.717, 1.165) is 17.0 Å². The van der Waals surface area contributed by atoms with Gasteiger partial charge < -0.3 is 10.1 Å². The molecular formula is C15H15Cl2NO. The van der Waals surface area contributed by atoms with Crippen LogP contribution in [0.1, 0.15) is 12.5 Å². The number of halogens is 2. The maximum absolute atomic E-state index is 5.96. The Morgan fingerprint density at radius 1 is 1.00 bits per heavy atom. The Morgan fingerprint density at radius 2 is 1.63 bits per heavy atom. The molecule has 0 aliphatic rings. The van der Waals surface area contributed by atoms with Crippen molar-refractivity contribution in [2.75, 3.05) is 11.9 Å². The number of hydrogen-bond acceptors (Lipinski definition) is 2. The van der Waals surface area contributed by atoms with Gasteiger partial charge in [-0.25, -0.2) is 0 Å². The van der Waals surface area contributed by atoms with Crippen LogP contribution in [0.5, 0.6) is 5.75 Å². The Kier molecular flexibility index (Phi) is 4.94. The number of rotatable bonds is 5. The van der Waals surface area contributed by atoms with E-state index in [2.05, 4.69) is 5.32 Å². The molecule has 2 aromatic carbocycles. The Morgan fingerprint density at radius 3 is 2.21 bits per heavy atom. The third-order valence-corrected chi connectivity index (χ3v) is 3.02. The van der Waals surface area contributed by atoms with Crippen LogP contribution in [0.3, 0.4) is 0 Å². The molecule has 0 aliphatic carbocycles. The minimum absolute atomic E-state index is 0.649. The van der Waals surface area contributed by atoms with Crippen molar-refractivity contribution >= 4 is 28.9 Å². The van der Waals surface area contributed by atoms with E-state index in [4.69, 9.17) is 27.9 Å². The fourth-order valence-corrected chi connectivity index (χ4v) is 2.32. The zero-order chi connectivity index (χ0) is 13.7. The van der Waals surface area contributed by atoms with E-state index >= 15 is 0 Å². The highest BCUT2D eigenvalue weighted by molar-refractivity contribution is 6.34. The molecule has 2 nitrogen and oxygen atoms in total. The molecule has 0 radical (unpaired) electrons. The third kappa shape index (κ3) is 4.34. The van der Waals surface area contributed by atoms with Gasteiger partial charge in [0.25, 0.3) is 0 Å². The molecular weight excluding hydrogens is 281 g/mol. The summed E-state index contributed by atoms with van der Waals surface area (Å²) in [5, 5.41) is 4.61. The smallest absolute Gasteiger partial charge is 0.119 e. The van der Waals surface area contributed by atoms with Gasteiger partial charge in [-0.15, -0.1) is 0 Å². The van der Waals surface area contributed by atoms with Gasteiger partial charge >= 0.3 is 0 Å². The number of ether oxygens (including phenoxy) is 1. The summed E-state index contributed by atoms with van der Waals surface area (Å²) in [7, 11) is 0. The molecule has 0 unspecified atom stereocenters. The van der Waals surface area contributed by atoms with E-state index in [-0.39, 0.29) is 0 Å². The third-order valence-electron chi connectivity index (χ3n) is 2.58. The lowest BCUT2D eigenvalue weighted by Gasteiger charge is -2.09. The first kappa shape index (κ1) is 14.0. The van der Waals surface area contributed by atoms with E-state index in [1.165, 1.54) is 0 Å². The summed E-state index contributed by atoms with van der Waals surface area (Å²) in [5.74, 6) is 0.874. The van der Waals surface area contributed by atoms with E-state index in [1.54, 1.807) is 6.07 Å². The zero-order valence-corrected chi connectivity index (χ0v) is 12.1. The van der Waals surface area contributed by atoms with E-state index in [9.17, 15) is 0 Å². The Balaban J connectivity index is 1.98. The minimum atomic E-state index is 0.649. The van der Waals surface area contributed by atoms with E-state index in [0.29, 0.717) is 23.2 Å². The number of nitrogens with one attached hydrogen (secondary N) is 1. The maximum atomic E-state index is 5.96. The summed E-state index contributed by atoms with van der Waals surface area (Å²) < 4.78 is 5.39. The van der Waals surface area contributed by atoms with Gasteiger partial charge in [0.2, 0.25) is 0 Å². The predicted octanol–water partition coefficient (Wildman–Crippen LogP) is 5.00. The largest absolute Gasteiger partial charge is 0.494 e. The van der Waals surface area contributed by atoms with Gasteiger partial charge in [0.05, 0.1) is 6.61 Å². The topological polar surface area (TPSA) is 21.3 Å². The molecule has 0 spiro atoms. The molecule has 100 valence electrons. The summed E-state index contributed by atoms with van der Waals surface area (Å²) in [5.41, 5.74) is 2.07. The van der Waals surface area contributed by atoms with Gasteiger partial charge in [0.15, 0.2) is 0 Å². The summed E-state index contributed by atoms with van der Waals surface area (Å²) in [4.78, 5) is 0. The monoisotopic (exact) mass is 295 g/mol. The first-order chi connectivity index (χ1) is 9.17. The average molecular weight is 296 g/mol. The minimum Gasteiger partial charge on any atom is -0.494 e. The normalized spacial score (nSPS) is 10.3. The fourth-order valence-electron chi connectivity index (χ4n) is 1.75. The van der Waals surface area contributed by atoms with Crippen molar-refractivity contribution in [1.82, 2.24) is 0 Å². The Hall–Kier alpha value is -1.38. The molecule has 0 saturated heterocycles. The van der Waals surface area contributed by atoms with Gasteiger partial charge in [0, 0.05) is 22.3 Å². The molecule has 19 heavy (non-hydrogen) atoms. The highest BCUT2D eigenvalue weighted by atomic mass is 35.5. The summed E-state index contributed by atoms with van der Waals surface area (Å²) in [6.45, 7) is 3.32. The second kappa shape index (κ2) is 6.69. The number of hydrogen-bond donors (Lipinski definition) is 1. The van der Waals surface area contributed by atoms with Gasteiger partial charge in [-0.2, -0.15) is 0 Å². The van der Waals surface area contributed by atoms with Crippen LogP contribution in [0.15, 0.2) is 42.5 Å². The molecule has 2 rings (SSSR count). The lowest BCUT2D eigenvalue weighted by atomic mass is 10.2. The van der Waals surface area contributed by atoms with Crippen molar-refractivity contribution in [2.24, 2.45) is 0 Å². The quantitative estimate of drug-likeness (QED) is 0.838. The summed E-state index contributed by atoms with van der Waals surface area (Å²) in [6.07, 6.45) is 0. The van der Waals surface area contributed by atoms with Crippen molar-refractivity contribution < 1.29 is 4.74 Å². The maximum Gasteiger partial charge on any atom is 0.119 e. The highest BCUT2D eigenvalue weighted by Gasteiger charge is 1.99. The molecule has 0 saturated carbocycles. The average Bonchev–Trinajstić information content (AvgIpc) is 2.37. The second-order valence-corrected chi connectivity index (χ2v) is 4.96. The Labute approximate surface area is 123 Å². The first-order valence-corrected chi connectivity index (χ1v) is 6.84. The van der Waals surface area contributed by atoms with Crippen LogP contribution in [-0.2, 0) is 6.54 Å². The van der Waals surface area contributed by atoms with Crippen molar-refractivity contribution in [3.63, 3.8) is 0 Å². The molecule has 1 N–H and O–H groups in total. The summed E-state index contributed by atoms with van der Waals surface area (Å²) in [6, 6.07) is 13.4. The standard InChI is InChI=1S/C15H15Cl2NO/c1-2-19-15-5-3-14(4-6-15)18-10-11-7-12(16)9-13(17)8-11/h3-9,18H,2,10H2,1H3. The molecule has 0 atom stereocenters. The SMILES string of the molecule is CCOc1ccc(NCc2cc(Cl)cc(Cl)c2)cc1. The van der Waals surface area contributed by atoms with Crippen molar-refractivity contribution in [1.29, 1.82) is 0 Å². The van der Waals surface area contributed by atoms with Crippen LogP contribution >= 0.6 is 23.2 Å². The molecule has 0 aromatic heterocycles. The van der Waals surface area contributed by atoms with Crippen LogP contribution in [-0.4, -0.2) is 6.61 Å². The highest BCUT2D eigenvalue weighted by Crippen LogP contribution is 2.21. The van der Waals surface area contributed by atoms with Gasteiger partial charge in [0.1, 0.15) is 5.75 Å². The van der Waals surface area contributed by atoms with Gasteiger partial charge in [-0.05, 0) is 55.0 Å². The summed E-state index contributed by atoms with van der Waals surface area (Å²) >= 11 is 11.9. The molecule has 0 fully saturated rings. The molecule has 2 aromatic rings. The lowest BCUT2D eigenvalue weighted by Crippen LogP contribution is -1.99. The van der Waals surface area contributed by atoms with Crippen molar-refractivity contribution in [3.05, 3.63) is 58.1 Å². The van der Waals surface area contributed by atoms with Gasteiger partial charge in [-0.1, -0.05) is 23.2 Å². The molecule has 4 heteroatoms. The first-order valence-electron chi connectivity index (χ1n) is 6.09. The molecule has 0 bridgehead atoms. The fraction of sp³-hybridized carbons (Fsp3) is 0.200. The van der Waals surface area contributed by atoms with Crippen LogP contribution in [0, 0.1) is 0 Å². The lowest BCUT2D eigenvalue weighted by molar-refractivity contribution is 0.340. The number of benzene rings is 2. The zero-order valence-electron chi connectivity index (χ0n) is 10.6. The van der Waals surface area contributed by atoms with Crippen molar-refractivity contribution in [3.8, 4) is 5.75 Å². The van der Waals surface area contributed by atoms with Crippen LogP contribution in [0.4, 0.5) is 5.69 Å². The van der Waals surface area contributed by atoms with Crippen LogP contribution in [0.25, 0.3) is 0 Å². The van der Waals surface area contributed by atoms with E-state index in [1.807, 2.05) is 43.3 Å². The number of anilines is 1. The van der Waals surface area contributed by atoms with E-state index < -0.39 is 0 Å². The molecule has 0 aliphatic heterocycles. The predicted molar refractivity (Wildman–Crippen MR) is 81.4 cm³/mol. The Bertz CT molecular complexity index is 520.